The Morgan fingerprint density at radius 2 is 2.21 bits per heavy atom. The van der Waals surface area contributed by atoms with Gasteiger partial charge < -0.3 is 10.2 Å². The van der Waals surface area contributed by atoms with E-state index in [0.29, 0.717) is 0 Å². The molecule has 0 aliphatic carbocycles. The molecule has 0 radical (unpaired) electrons. The minimum atomic E-state index is 0.749. The molecular formula is C14H21N5. The first-order valence-electron chi connectivity index (χ1n) is 6.98. The maximum Gasteiger partial charge on any atom is 0.245 e. The molecule has 0 bridgehead atoms. The zero-order valence-electron chi connectivity index (χ0n) is 11.6. The summed E-state index contributed by atoms with van der Waals surface area (Å²) < 4.78 is 1.86. The van der Waals surface area contributed by atoms with E-state index in [0.717, 1.165) is 42.7 Å². The first kappa shape index (κ1) is 12.4. The first-order chi connectivity index (χ1) is 9.24. The summed E-state index contributed by atoms with van der Waals surface area (Å²) in [5.41, 5.74) is 2.12. The van der Waals surface area contributed by atoms with E-state index < -0.39 is 0 Å². The van der Waals surface area contributed by atoms with E-state index in [2.05, 4.69) is 40.3 Å². The second kappa shape index (κ2) is 5.17. The largest absolute Gasteiger partial charge is 0.342 e. The molecule has 1 aliphatic heterocycles. The number of aryl methyl sites for hydroxylation is 1. The Balaban J connectivity index is 1.77. The average Bonchev–Trinajstić information content (AvgIpc) is 2.85. The van der Waals surface area contributed by atoms with E-state index in [1.54, 1.807) is 0 Å². The lowest BCUT2D eigenvalue weighted by Crippen LogP contribution is -2.34. The smallest absolute Gasteiger partial charge is 0.245 e. The predicted octanol–water partition coefficient (Wildman–Crippen LogP) is 1.47. The number of nitrogens with zero attached hydrogens (tertiary/aromatic N) is 4. The van der Waals surface area contributed by atoms with Crippen LogP contribution in [0.3, 0.4) is 0 Å². The van der Waals surface area contributed by atoms with Crippen molar-refractivity contribution in [3.8, 4) is 0 Å². The molecule has 2 aromatic rings. The van der Waals surface area contributed by atoms with Crippen molar-refractivity contribution in [2.45, 2.75) is 19.8 Å². The van der Waals surface area contributed by atoms with Crippen LogP contribution in [0.15, 0.2) is 18.3 Å². The quantitative estimate of drug-likeness (QED) is 0.907. The van der Waals surface area contributed by atoms with Crippen molar-refractivity contribution in [3.63, 3.8) is 0 Å². The van der Waals surface area contributed by atoms with Gasteiger partial charge in [0.1, 0.15) is 0 Å². The molecule has 102 valence electrons. The maximum atomic E-state index is 4.64. The second-order valence-electron chi connectivity index (χ2n) is 5.45. The summed E-state index contributed by atoms with van der Waals surface area (Å²) in [5, 5.41) is 7.96. The Morgan fingerprint density at radius 3 is 2.95 bits per heavy atom. The third-order valence-electron chi connectivity index (χ3n) is 3.88. The fourth-order valence-electron chi connectivity index (χ4n) is 2.72. The fourth-order valence-corrected chi connectivity index (χ4v) is 2.72. The Kier molecular flexibility index (Phi) is 3.38. The zero-order valence-corrected chi connectivity index (χ0v) is 11.6. The van der Waals surface area contributed by atoms with E-state index in [1.165, 1.54) is 12.8 Å². The van der Waals surface area contributed by atoms with Crippen LogP contribution < -0.4 is 10.2 Å². The number of hydrogen-bond acceptors (Lipinski definition) is 4. The van der Waals surface area contributed by atoms with Crippen molar-refractivity contribution in [1.82, 2.24) is 19.9 Å². The molecule has 5 heteroatoms. The number of pyridine rings is 1. The van der Waals surface area contributed by atoms with Gasteiger partial charge in [0, 0.05) is 19.8 Å². The number of aromatic nitrogens is 3. The van der Waals surface area contributed by atoms with Gasteiger partial charge in [-0.15, -0.1) is 5.10 Å². The van der Waals surface area contributed by atoms with Crippen LogP contribution in [-0.2, 0) is 0 Å². The highest BCUT2D eigenvalue weighted by atomic mass is 15.4. The fraction of sp³-hybridized carbons (Fsp3) is 0.571. The lowest BCUT2D eigenvalue weighted by atomic mass is 9.98. The van der Waals surface area contributed by atoms with Crippen LogP contribution >= 0.6 is 0 Å². The number of anilines is 1. The van der Waals surface area contributed by atoms with Crippen LogP contribution in [0.25, 0.3) is 5.65 Å². The third-order valence-corrected chi connectivity index (χ3v) is 3.88. The highest BCUT2D eigenvalue weighted by molar-refractivity contribution is 5.50. The van der Waals surface area contributed by atoms with Gasteiger partial charge in [0.05, 0.1) is 0 Å². The van der Waals surface area contributed by atoms with E-state index in [4.69, 9.17) is 0 Å². The Labute approximate surface area is 113 Å². The van der Waals surface area contributed by atoms with Crippen LogP contribution in [0.2, 0.25) is 0 Å². The Morgan fingerprint density at radius 1 is 1.42 bits per heavy atom. The van der Waals surface area contributed by atoms with E-state index in [9.17, 15) is 0 Å². The van der Waals surface area contributed by atoms with Gasteiger partial charge in [-0.1, -0.05) is 6.07 Å². The number of nitrogens with one attached hydrogen (secondary N) is 1. The maximum absolute atomic E-state index is 4.64. The van der Waals surface area contributed by atoms with Crippen LogP contribution in [-0.4, -0.2) is 41.3 Å². The summed E-state index contributed by atoms with van der Waals surface area (Å²) in [5.74, 6) is 1.58. The van der Waals surface area contributed by atoms with Crippen molar-refractivity contribution in [1.29, 1.82) is 0 Å². The summed E-state index contributed by atoms with van der Waals surface area (Å²) in [7, 11) is 2.09. The second-order valence-corrected chi connectivity index (χ2v) is 5.45. The van der Waals surface area contributed by atoms with Gasteiger partial charge in [0.25, 0.3) is 0 Å². The molecule has 1 saturated heterocycles. The summed E-state index contributed by atoms with van der Waals surface area (Å²) in [6, 6.07) is 4.08. The van der Waals surface area contributed by atoms with Crippen LogP contribution in [0.1, 0.15) is 18.4 Å². The van der Waals surface area contributed by atoms with Gasteiger partial charge in [0.15, 0.2) is 5.65 Å². The van der Waals surface area contributed by atoms with E-state index >= 15 is 0 Å². The van der Waals surface area contributed by atoms with Crippen molar-refractivity contribution in [2.75, 3.05) is 31.6 Å². The van der Waals surface area contributed by atoms with Crippen molar-refractivity contribution >= 4 is 11.6 Å². The molecule has 5 nitrogen and oxygen atoms in total. The van der Waals surface area contributed by atoms with Crippen molar-refractivity contribution in [3.05, 3.63) is 23.9 Å². The number of fused-ring (bicyclic) bond motifs is 1. The lowest BCUT2D eigenvalue weighted by molar-refractivity contribution is 0.377. The molecule has 2 aromatic heterocycles. The molecule has 3 rings (SSSR count). The van der Waals surface area contributed by atoms with Gasteiger partial charge >= 0.3 is 0 Å². The molecule has 0 spiro atoms. The lowest BCUT2D eigenvalue weighted by Gasteiger charge is -2.26. The van der Waals surface area contributed by atoms with Crippen LogP contribution in [0.4, 0.5) is 5.95 Å². The first-order valence-corrected chi connectivity index (χ1v) is 6.98. The van der Waals surface area contributed by atoms with Crippen molar-refractivity contribution in [2.24, 2.45) is 5.92 Å². The van der Waals surface area contributed by atoms with E-state index in [-0.39, 0.29) is 0 Å². The summed E-state index contributed by atoms with van der Waals surface area (Å²) in [4.78, 5) is 6.82. The highest BCUT2D eigenvalue weighted by Crippen LogP contribution is 2.17. The van der Waals surface area contributed by atoms with Gasteiger partial charge in [0.2, 0.25) is 5.95 Å². The van der Waals surface area contributed by atoms with Gasteiger partial charge in [-0.05, 0) is 50.4 Å². The van der Waals surface area contributed by atoms with Crippen LogP contribution in [0, 0.1) is 12.8 Å². The molecule has 1 fully saturated rings. The monoisotopic (exact) mass is 259 g/mol. The number of hydrogen-bond donors (Lipinski definition) is 1. The molecule has 19 heavy (non-hydrogen) atoms. The minimum Gasteiger partial charge on any atom is -0.342 e. The van der Waals surface area contributed by atoms with Gasteiger partial charge in [-0.2, -0.15) is 4.98 Å². The molecule has 1 aliphatic rings. The molecule has 1 N–H and O–H groups in total. The zero-order chi connectivity index (χ0) is 13.2. The Hall–Kier alpha value is -1.62. The van der Waals surface area contributed by atoms with Gasteiger partial charge in [-0.25, -0.2) is 4.52 Å². The summed E-state index contributed by atoms with van der Waals surface area (Å²) in [6.45, 7) is 5.38. The number of rotatable bonds is 3. The summed E-state index contributed by atoms with van der Waals surface area (Å²) >= 11 is 0. The van der Waals surface area contributed by atoms with E-state index in [1.807, 2.05) is 16.8 Å². The minimum absolute atomic E-state index is 0.749. The molecular weight excluding hydrogens is 238 g/mol. The predicted molar refractivity (Wildman–Crippen MR) is 76.6 cm³/mol. The Bertz CT molecular complexity index is 556. The third kappa shape index (κ3) is 2.56. The molecule has 0 atom stereocenters. The topological polar surface area (TPSA) is 45.5 Å². The molecule has 3 heterocycles. The molecule has 0 saturated carbocycles. The molecule has 0 amide bonds. The average molecular weight is 259 g/mol. The van der Waals surface area contributed by atoms with Gasteiger partial charge in [-0.3, -0.25) is 0 Å². The SMILES string of the molecule is Cc1cccn2nc(N(C)CC3CCNCC3)nc12. The normalized spacial score (nSPS) is 16.9. The highest BCUT2D eigenvalue weighted by Gasteiger charge is 2.17. The standard InChI is InChI=1S/C14H21N5/c1-11-4-3-9-19-13(11)16-14(17-19)18(2)10-12-5-7-15-8-6-12/h3-4,9,12,15H,5-8,10H2,1-2H3. The number of piperidine rings is 1. The van der Waals surface area contributed by atoms with Crippen molar-refractivity contribution < 1.29 is 0 Å². The van der Waals surface area contributed by atoms with Crippen LogP contribution in [0.5, 0.6) is 0 Å². The molecule has 0 aromatic carbocycles. The summed E-state index contributed by atoms with van der Waals surface area (Å²) in [6.07, 6.45) is 4.45. The molecule has 0 unspecified atom stereocenters.